The molecular weight excluding hydrogens is 264 g/mol. The first-order valence-corrected chi connectivity index (χ1v) is 8.24. The minimum absolute atomic E-state index is 0.0767. The van der Waals surface area contributed by atoms with Crippen LogP contribution in [0, 0.1) is 0 Å². The molecule has 0 aromatic heterocycles. The van der Waals surface area contributed by atoms with Crippen molar-refractivity contribution in [2.75, 3.05) is 32.5 Å². The van der Waals surface area contributed by atoms with Crippen molar-refractivity contribution in [1.82, 2.24) is 9.62 Å². The normalized spacial score (nSPS) is 21.4. The number of hydrogen-bond donors (Lipinski definition) is 1. The molecule has 0 radical (unpaired) electrons. The third-order valence-corrected chi connectivity index (χ3v) is 3.74. The van der Waals surface area contributed by atoms with Crippen LogP contribution in [0.3, 0.4) is 0 Å². The molecule has 106 valence electrons. The highest BCUT2D eigenvalue weighted by atomic mass is 32.2. The van der Waals surface area contributed by atoms with E-state index in [1.165, 1.54) is 5.56 Å². The van der Waals surface area contributed by atoms with E-state index in [1.807, 2.05) is 18.2 Å². The van der Waals surface area contributed by atoms with E-state index in [1.54, 1.807) is 0 Å². The van der Waals surface area contributed by atoms with Gasteiger partial charge in [-0.25, -0.2) is 13.1 Å². The topological polar surface area (TPSA) is 58.6 Å². The summed E-state index contributed by atoms with van der Waals surface area (Å²) in [5.74, 6) is 0. The van der Waals surface area contributed by atoms with Crippen molar-refractivity contribution in [1.29, 1.82) is 0 Å². The molecule has 1 aliphatic heterocycles. The van der Waals surface area contributed by atoms with E-state index in [2.05, 4.69) is 21.8 Å². The Morgan fingerprint density at radius 3 is 2.79 bits per heavy atom. The molecule has 19 heavy (non-hydrogen) atoms. The predicted molar refractivity (Wildman–Crippen MR) is 74.3 cm³/mol. The lowest BCUT2D eigenvalue weighted by molar-refractivity contribution is -0.0276. The Kier molecular flexibility index (Phi) is 4.93. The number of sulfonamides is 1. The van der Waals surface area contributed by atoms with Crippen LogP contribution in [0.5, 0.6) is 0 Å². The van der Waals surface area contributed by atoms with Crippen LogP contribution in [-0.2, 0) is 21.3 Å². The molecule has 1 atom stereocenters. The number of morpholine rings is 1. The molecule has 0 saturated carbocycles. The second-order valence-corrected chi connectivity index (χ2v) is 6.67. The van der Waals surface area contributed by atoms with E-state index in [-0.39, 0.29) is 6.10 Å². The quantitative estimate of drug-likeness (QED) is 0.852. The Labute approximate surface area is 114 Å². The molecule has 1 aromatic carbocycles. The molecule has 1 aliphatic rings. The summed E-state index contributed by atoms with van der Waals surface area (Å²) in [6.07, 6.45) is 1.09. The Balaban J connectivity index is 1.84. The SMILES string of the molecule is CS(=O)(=O)NCC1CN(Cc2ccccc2)CCO1. The number of benzene rings is 1. The molecule has 5 nitrogen and oxygen atoms in total. The van der Waals surface area contributed by atoms with Gasteiger partial charge in [-0.05, 0) is 5.56 Å². The molecule has 1 fully saturated rings. The monoisotopic (exact) mass is 284 g/mol. The zero-order valence-electron chi connectivity index (χ0n) is 11.1. The van der Waals surface area contributed by atoms with Gasteiger partial charge in [-0.2, -0.15) is 0 Å². The predicted octanol–water partition coefficient (Wildman–Crippen LogP) is 0.437. The summed E-state index contributed by atoms with van der Waals surface area (Å²) in [6, 6.07) is 10.2. The lowest BCUT2D eigenvalue weighted by atomic mass is 10.2. The van der Waals surface area contributed by atoms with Gasteiger partial charge in [0.2, 0.25) is 10.0 Å². The van der Waals surface area contributed by atoms with Gasteiger partial charge < -0.3 is 4.74 Å². The largest absolute Gasteiger partial charge is 0.374 e. The van der Waals surface area contributed by atoms with Gasteiger partial charge >= 0.3 is 0 Å². The Bertz CT molecular complexity index is 490. The summed E-state index contributed by atoms with van der Waals surface area (Å²) in [7, 11) is -3.15. The third-order valence-electron chi connectivity index (χ3n) is 3.05. The Morgan fingerprint density at radius 2 is 2.11 bits per heavy atom. The van der Waals surface area contributed by atoms with Crippen LogP contribution in [0.4, 0.5) is 0 Å². The van der Waals surface area contributed by atoms with E-state index in [0.29, 0.717) is 13.2 Å². The van der Waals surface area contributed by atoms with Crippen molar-refractivity contribution in [2.24, 2.45) is 0 Å². The minimum Gasteiger partial charge on any atom is -0.374 e. The maximum Gasteiger partial charge on any atom is 0.208 e. The summed E-state index contributed by atoms with van der Waals surface area (Å²) in [4.78, 5) is 2.29. The Morgan fingerprint density at radius 1 is 1.37 bits per heavy atom. The van der Waals surface area contributed by atoms with E-state index in [9.17, 15) is 8.42 Å². The van der Waals surface area contributed by atoms with E-state index in [4.69, 9.17) is 4.74 Å². The lowest BCUT2D eigenvalue weighted by Crippen LogP contribution is -2.46. The lowest BCUT2D eigenvalue weighted by Gasteiger charge is -2.32. The fourth-order valence-corrected chi connectivity index (χ4v) is 2.62. The molecule has 2 rings (SSSR count). The number of hydrogen-bond acceptors (Lipinski definition) is 4. The van der Waals surface area contributed by atoms with Crippen molar-refractivity contribution in [3.8, 4) is 0 Å². The van der Waals surface area contributed by atoms with Crippen LogP contribution < -0.4 is 4.72 Å². The van der Waals surface area contributed by atoms with Crippen LogP contribution in [0.25, 0.3) is 0 Å². The fraction of sp³-hybridized carbons (Fsp3) is 0.538. The molecule has 1 saturated heterocycles. The molecule has 1 aromatic rings. The van der Waals surface area contributed by atoms with Gasteiger partial charge in [0, 0.05) is 26.2 Å². The first-order valence-electron chi connectivity index (χ1n) is 6.35. The van der Waals surface area contributed by atoms with Crippen LogP contribution in [0.15, 0.2) is 30.3 Å². The molecule has 6 heteroatoms. The standard InChI is InChI=1S/C13H20N2O3S/c1-19(16,17)14-9-13-11-15(7-8-18-13)10-12-5-3-2-4-6-12/h2-6,13-14H,7-11H2,1H3. The number of ether oxygens (including phenoxy) is 1. The van der Waals surface area contributed by atoms with E-state index in [0.717, 1.165) is 25.9 Å². The zero-order chi connectivity index (χ0) is 13.7. The van der Waals surface area contributed by atoms with Crippen LogP contribution in [0.2, 0.25) is 0 Å². The van der Waals surface area contributed by atoms with Gasteiger partial charge in [0.1, 0.15) is 0 Å². The highest BCUT2D eigenvalue weighted by Gasteiger charge is 2.21. The molecule has 1 unspecified atom stereocenters. The minimum atomic E-state index is -3.15. The highest BCUT2D eigenvalue weighted by molar-refractivity contribution is 7.88. The van der Waals surface area contributed by atoms with Gasteiger partial charge in [-0.3, -0.25) is 4.90 Å². The average Bonchev–Trinajstić information content (AvgIpc) is 2.37. The average molecular weight is 284 g/mol. The zero-order valence-corrected chi connectivity index (χ0v) is 11.9. The number of rotatable bonds is 5. The van der Waals surface area contributed by atoms with Crippen molar-refractivity contribution in [2.45, 2.75) is 12.6 Å². The first-order chi connectivity index (χ1) is 9.03. The highest BCUT2D eigenvalue weighted by Crippen LogP contribution is 2.10. The molecular formula is C13H20N2O3S. The summed E-state index contributed by atoms with van der Waals surface area (Å²) in [5, 5.41) is 0. The molecule has 0 aliphatic carbocycles. The summed E-state index contributed by atoms with van der Waals surface area (Å²) in [5.41, 5.74) is 1.26. The van der Waals surface area contributed by atoms with Crippen molar-refractivity contribution in [3.63, 3.8) is 0 Å². The number of nitrogens with one attached hydrogen (secondary N) is 1. The van der Waals surface area contributed by atoms with Gasteiger partial charge in [0.25, 0.3) is 0 Å². The molecule has 0 bridgehead atoms. The van der Waals surface area contributed by atoms with Gasteiger partial charge in [0.05, 0.1) is 19.0 Å². The van der Waals surface area contributed by atoms with Crippen LogP contribution in [-0.4, -0.2) is 51.9 Å². The fourth-order valence-electron chi connectivity index (χ4n) is 2.13. The molecule has 1 heterocycles. The maximum absolute atomic E-state index is 11.1. The van der Waals surface area contributed by atoms with Crippen molar-refractivity contribution >= 4 is 10.0 Å². The van der Waals surface area contributed by atoms with E-state index >= 15 is 0 Å². The van der Waals surface area contributed by atoms with Gasteiger partial charge in [0.15, 0.2) is 0 Å². The number of nitrogens with zero attached hydrogens (tertiary/aromatic N) is 1. The van der Waals surface area contributed by atoms with E-state index < -0.39 is 10.0 Å². The van der Waals surface area contributed by atoms with Crippen LogP contribution >= 0.6 is 0 Å². The maximum atomic E-state index is 11.1. The molecule has 1 N–H and O–H groups in total. The second kappa shape index (κ2) is 6.47. The summed E-state index contributed by atoms with van der Waals surface area (Å²) >= 11 is 0. The third kappa shape index (κ3) is 5.28. The van der Waals surface area contributed by atoms with Crippen molar-refractivity contribution < 1.29 is 13.2 Å². The van der Waals surface area contributed by atoms with Crippen molar-refractivity contribution in [3.05, 3.63) is 35.9 Å². The molecule has 0 spiro atoms. The summed E-state index contributed by atoms with van der Waals surface area (Å²) in [6.45, 7) is 3.48. The van der Waals surface area contributed by atoms with Gasteiger partial charge in [-0.1, -0.05) is 30.3 Å². The smallest absolute Gasteiger partial charge is 0.208 e. The van der Waals surface area contributed by atoms with Crippen LogP contribution in [0.1, 0.15) is 5.56 Å². The molecule has 0 amide bonds. The van der Waals surface area contributed by atoms with Gasteiger partial charge in [-0.15, -0.1) is 0 Å². The second-order valence-electron chi connectivity index (χ2n) is 4.83. The summed E-state index contributed by atoms with van der Waals surface area (Å²) < 4.78 is 30.2. The Hall–Kier alpha value is -0.950. The first kappa shape index (κ1) is 14.5.